The Balaban J connectivity index is 1.51. The molecule has 0 saturated heterocycles. The highest BCUT2D eigenvalue weighted by Crippen LogP contribution is 2.49. The molecule has 1 aliphatic carbocycles. The number of thiophene rings is 1. The number of methoxy groups -OCH3 is 1. The lowest BCUT2D eigenvalue weighted by atomic mass is 9.99. The van der Waals surface area contributed by atoms with Crippen LogP contribution in [0.15, 0.2) is 60.0 Å². The normalized spacial score (nSPS) is 18.9. The first-order chi connectivity index (χ1) is 14.1. The number of aliphatic hydroxyl groups excluding tert-OH is 1. The van der Waals surface area contributed by atoms with E-state index >= 15 is 0 Å². The molecule has 0 bridgehead atoms. The van der Waals surface area contributed by atoms with E-state index in [0.29, 0.717) is 11.7 Å². The number of hydrogen-bond donors (Lipinski definition) is 2. The minimum absolute atomic E-state index is 0.00730. The molecule has 1 aliphatic rings. The van der Waals surface area contributed by atoms with Crippen LogP contribution < -0.4 is 10.1 Å². The molecule has 1 fully saturated rings. The zero-order chi connectivity index (χ0) is 20.4. The van der Waals surface area contributed by atoms with Gasteiger partial charge in [0.05, 0.1) is 19.8 Å². The Hall–Kier alpha value is -2.63. The summed E-state index contributed by atoms with van der Waals surface area (Å²) < 4.78 is 5.59. The van der Waals surface area contributed by atoms with Crippen LogP contribution in [0.3, 0.4) is 0 Å². The molecule has 1 aromatic heterocycles. The first kappa shape index (κ1) is 19.7. The molecule has 1 heterocycles. The number of ether oxygens (including phenoxy) is 1. The van der Waals surface area contributed by atoms with Crippen molar-refractivity contribution in [2.75, 3.05) is 13.7 Å². The van der Waals surface area contributed by atoms with Gasteiger partial charge in [-0.25, -0.2) is 0 Å². The van der Waals surface area contributed by atoms with Crippen molar-refractivity contribution in [2.45, 2.75) is 25.3 Å². The van der Waals surface area contributed by atoms with Gasteiger partial charge in [0.15, 0.2) is 0 Å². The van der Waals surface area contributed by atoms with Crippen molar-refractivity contribution in [1.29, 1.82) is 0 Å². The number of hydrogen-bond acceptors (Lipinski definition) is 4. The van der Waals surface area contributed by atoms with Crippen LogP contribution in [-0.4, -0.2) is 24.7 Å². The lowest BCUT2D eigenvalue weighted by molar-refractivity contribution is -0.123. The van der Waals surface area contributed by atoms with Gasteiger partial charge in [-0.05, 0) is 42.0 Å². The summed E-state index contributed by atoms with van der Waals surface area (Å²) in [5, 5.41) is 15.0. The number of benzene rings is 2. The van der Waals surface area contributed by atoms with E-state index in [9.17, 15) is 9.90 Å². The van der Waals surface area contributed by atoms with Crippen LogP contribution in [0.25, 0.3) is 11.1 Å². The molecule has 2 N–H and O–H groups in total. The van der Waals surface area contributed by atoms with Crippen molar-refractivity contribution < 1.29 is 14.6 Å². The van der Waals surface area contributed by atoms with E-state index in [1.54, 1.807) is 18.4 Å². The van der Waals surface area contributed by atoms with Gasteiger partial charge >= 0.3 is 0 Å². The Morgan fingerprint density at radius 1 is 1.21 bits per heavy atom. The van der Waals surface area contributed by atoms with Crippen molar-refractivity contribution in [3.8, 4) is 16.9 Å². The molecule has 2 aromatic carbocycles. The van der Waals surface area contributed by atoms with Gasteiger partial charge in [0.1, 0.15) is 5.75 Å². The molecule has 3 aromatic rings. The Morgan fingerprint density at radius 2 is 1.97 bits per heavy atom. The Morgan fingerprint density at radius 3 is 2.62 bits per heavy atom. The molecule has 4 rings (SSSR count). The van der Waals surface area contributed by atoms with Crippen LogP contribution in [0.2, 0.25) is 0 Å². The molecule has 29 heavy (non-hydrogen) atoms. The second-order valence-corrected chi connectivity index (χ2v) is 8.51. The SMILES string of the molecule is COc1cc(-c2ccc(C)cc2)ccc1[C@H](CO)NC(=O)C1C[C@@H]1c1cccs1. The summed E-state index contributed by atoms with van der Waals surface area (Å²) in [5.74, 6) is 0.945. The Labute approximate surface area is 175 Å². The van der Waals surface area contributed by atoms with Gasteiger partial charge in [-0.1, -0.05) is 48.0 Å². The van der Waals surface area contributed by atoms with E-state index in [4.69, 9.17) is 4.74 Å². The molecule has 1 unspecified atom stereocenters. The number of carbonyl (C=O) groups is 1. The fourth-order valence-corrected chi connectivity index (χ4v) is 4.63. The maximum absolute atomic E-state index is 12.7. The molecule has 0 radical (unpaired) electrons. The van der Waals surface area contributed by atoms with Crippen molar-refractivity contribution in [3.05, 3.63) is 76.0 Å². The number of carbonyl (C=O) groups excluding carboxylic acids is 1. The van der Waals surface area contributed by atoms with E-state index in [2.05, 4.69) is 42.6 Å². The Kier molecular flexibility index (Phi) is 5.69. The summed E-state index contributed by atoms with van der Waals surface area (Å²) in [6, 6.07) is 17.8. The highest BCUT2D eigenvalue weighted by Gasteiger charge is 2.45. The molecule has 4 nitrogen and oxygen atoms in total. The Bertz CT molecular complexity index is 982. The van der Waals surface area contributed by atoms with E-state index in [1.807, 2.05) is 29.6 Å². The van der Waals surface area contributed by atoms with Gasteiger partial charge in [0.25, 0.3) is 0 Å². The highest BCUT2D eigenvalue weighted by molar-refractivity contribution is 7.10. The molecular formula is C24H25NO3S. The van der Waals surface area contributed by atoms with Crippen LogP contribution in [0.1, 0.15) is 34.4 Å². The number of aliphatic hydroxyl groups is 1. The third-order valence-corrected chi connectivity index (χ3v) is 6.53. The lowest BCUT2D eigenvalue weighted by Gasteiger charge is -2.20. The number of amides is 1. The van der Waals surface area contributed by atoms with Crippen LogP contribution in [0, 0.1) is 12.8 Å². The second kappa shape index (κ2) is 8.39. The third-order valence-electron chi connectivity index (χ3n) is 5.53. The number of rotatable bonds is 7. The standard InChI is InChI=1S/C24H25NO3S/c1-15-5-7-16(8-6-15)17-9-10-18(22(12-17)28-2)21(14-26)25-24(27)20-13-19(20)23-4-3-11-29-23/h3-12,19-21,26H,13-14H2,1-2H3,(H,25,27)/t19-,20?,21-/m0/s1. The third kappa shape index (κ3) is 4.21. The minimum atomic E-state index is -0.492. The van der Waals surface area contributed by atoms with Crippen molar-refractivity contribution in [2.24, 2.45) is 5.92 Å². The van der Waals surface area contributed by atoms with Crippen LogP contribution in [0.4, 0.5) is 0 Å². The fourth-order valence-electron chi connectivity index (χ4n) is 3.73. The minimum Gasteiger partial charge on any atom is -0.496 e. The average Bonchev–Trinajstić information content (AvgIpc) is 3.37. The van der Waals surface area contributed by atoms with E-state index in [0.717, 1.165) is 23.1 Å². The summed E-state index contributed by atoms with van der Waals surface area (Å²) >= 11 is 1.69. The maximum atomic E-state index is 12.7. The average molecular weight is 408 g/mol. The molecule has 0 spiro atoms. The summed E-state index contributed by atoms with van der Waals surface area (Å²) in [5.41, 5.74) is 4.13. The zero-order valence-electron chi connectivity index (χ0n) is 16.6. The summed E-state index contributed by atoms with van der Waals surface area (Å²) in [6.07, 6.45) is 0.869. The summed E-state index contributed by atoms with van der Waals surface area (Å²) in [4.78, 5) is 14.0. The molecule has 0 aliphatic heterocycles. The van der Waals surface area contributed by atoms with Crippen LogP contribution >= 0.6 is 11.3 Å². The quantitative estimate of drug-likeness (QED) is 0.598. The van der Waals surface area contributed by atoms with Gasteiger partial charge in [0, 0.05) is 22.3 Å². The molecular weight excluding hydrogens is 382 g/mol. The van der Waals surface area contributed by atoms with Crippen LogP contribution in [-0.2, 0) is 4.79 Å². The van der Waals surface area contributed by atoms with Gasteiger partial charge in [0.2, 0.25) is 5.91 Å². The second-order valence-electron chi connectivity index (χ2n) is 7.53. The predicted molar refractivity (Wildman–Crippen MR) is 116 cm³/mol. The predicted octanol–water partition coefficient (Wildman–Crippen LogP) is 4.69. The monoisotopic (exact) mass is 407 g/mol. The van der Waals surface area contributed by atoms with E-state index in [1.165, 1.54) is 10.4 Å². The lowest BCUT2D eigenvalue weighted by Crippen LogP contribution is -2.32. The van der Waals surface area contributed by atoms with Gasteiger partial charge in [-0.3, -0.25) is 4.79 Å². The summed E-state index contributed by atoms with van der Waals surface area (Å²) in [7, 11) is 1.61. The van der Waals surface area contributed by atoms with Crippen LogP contribution in [0.5, 0.6) is 5.75 Å². The number of aryl methyl sites for hydroxylation is 1. The first-order valence-corrected chi connectivity index (χ1v) is 10.7. The van der Waals surface area contributed by atoms with E-state index < -0.39 is 6.04 Å². The van der Waals surface area contributed by atoms with E-state index in [-0.39, 0.29) is 18.4 Å². The fraction of sp³-hybridized carbons (Fsp3) is 0.292. The largest absolute Gasteiger partial charge is 0.496 e. The zero-order valence-corrected chi connectivity index (χ0v) is 17.4. The first-order valence-electron chi connectivity index (χ1n) is 9.80. The molecule has 5 heteroatoms. The highest BCUT2D eigenvalue weighted by atomic mass is 32.1. The van der Waals surface area contributed by atoms with Gasteiger partial charge < -0.3 is 15.2 Å². The van der Waals surface area contributed by atoms with Crippen molar-refractivity contribution in [3.63, 3.8) is 0 Å². The van der Waals surface area contributed by atoms with Crippen molar-refractivity contribution in [1.82, 2.24) is 5.32 Å². The maximum Gasteiger partial charge on any atom is 0.224 e. The number of nitrogens with one attached hydrogen (secondary N) is 1. The molecule has 150 valence electrons. The molecule has 3 atom stereocenters. The van der Waals surface area contributed by atoms with Gasteiger partial charge in [-0.15, -0.1) is 11.3 Å². The molecule has 1 saturated carbocycles. The topological polar surface area (TPSA) is 58.6 Å². The van der Waals surface area contributed by atoms with Crippen molar-refractivity contribution >= 4 is 17.2 Å². The summed E-state index contributed by atoms with van der Waals surface area (Å²) in [6.45, 7) is 1.88. The smallest absolute Gasteiger partial charge is 0.224 e. The molecule has 1 amide bonds. The van der Waals surface area contributed by atoms with Gasteiger partial charge in [-0.2, -0.15) is 0 Å².